The molecule has 2 rings (SSSR count). The average molecular weight is 273 g/mol. The highest BCUT2D eigenvalue weighted by Gasteiger charge is 2.54. The van der Waals surface area contributed by atoms with Crippen LogP contribution in [0, 0.1) is 0 Å². The second-order valence-electron chi connectivity index (χ2n) is 4.52. The van der Waals surface area contributed by atoms with Gasteiger partial charge in [-0.05, 0) is 12.5 Å². The van der Waals surface area contributed by atoms with Crippen LogP contribution < -0.4 is 11.4 Å². The Kier molecular flexibility index (Phi) is 3.57. The van der Waals surface area contributed by atoms with Crippen molar-refractivity contribution in [1.82, 2.24) is 9.55 Å². The van der Waals surface area contributed by atoms with Crippen LogP contribution in [0.2, 0.25) is 0 Å². The number of hydrogen-bond acceptors (Lipinski definition) is 6. The van der Waals surface area contributed by atoms with Crippen LogP contribution in [0.4, 0.5) is 10.2 Å². The smallest absolute Gasteiger partial charge is 0.351 e. The van der Waals surface area contributed by atoms with Crippen molar-refractivity contribution in [1.29, 1.82) is 0 Å². The third-order valence-corrected chi connectivity index (χ3v) is 3.46. The molecule has 0 saturated carbocycles. The lowest BCUT2D eigenvalue weighted by atomic mass is 9.94. The van der Waals surface area contributed by atoms with Gasteiger partial charge in [-0.25, -0.2) is 9.18 Å². The summed E-state index contributed by atoms with van der Waals surface area (Å²) in [4.78, 5) is 15.1. The number of halogens is 1. The van der Waals surface area contributed by atoms with E-state index in [0.717, 1.165) is 4.57 Å². The molecule has 4 N–H and O–H groups in total. The Labute approximate surface area is 108 Å². The van der Waals surface area contributed by atoms with Crippen molar-refractivity contribution in [3.8, 4) is 0 Å². The number of rotatable bonds is 3. The molecule has 0 aliphatic carbocycles. The number of ether oxygens (including phenoxy) is 1. The highest BCUT2D eigenvalue weighted by atomic mass is 19.1. The van der Waals surface area contributed by atoms with Crippen LogP contribution in [0.5, 0.6) is 0 Å². The third-order valence-electron chi connectivity index (χ3n) is 3.46. The number of nitrogens with zero attached hydrogens (tertiary/aromatic N) is 2. The van der Waals surface area contributed by atoms with Gasteiger partial charge in [0.25, 0.3) is 0 Å². The second-order valence-corrected chi connectivity index (χ2v) is 4.52. The number of aromatic nitrogens is 2. The van der Waals surface area contributed by atoms with Gasteiger partial charge < -0.3 is 20.7 Å². The lowest BCUT2D eigenvalue weighted by Crippen LogP contribution is -2.44. The quantitative estimate of drug-likeness (QED) is 0.664. The molecule has 0 radical (unpaired) electrons. The molecule has 1 aliphatic rings. The molecule has 4 atom stereocenters. The van der Waals surface area contributed by atoms with Crippen molar-refractivity contribution < 1.29 is 19.3 Å². The van der Waals surface area contributed by atoms with Crippen LogP contribution in [-0.2, 0) is 4.74 Å². The number of alkyl halides is 1. The highest BCUT2D eigenvalue weighted by Crippen LogP contribution is 2.40. The molecule has 0 aromatic carbocycles. The third kappa shape index (κ3) is 2.11. The first kappa shape index (κ1) is 13.9. The normalized spacial score (nSPS) is 34.6. The van der Waals surface area contributed by atoms with Gasteiger partial charge in [0, 0.05) is 6.20 Å². The maximum atomic E-state index is 14.1. The number of nitrogen functional groups attached to an aromatic ring is 1. The molecule has 1 aromatic rings. The Morgan fingerprint density at radius 3 is 2.84 bits per heavy atom. The first-order chi connectivity index (χ1) is 8.95. The minimum Gasteiger partial charge on any atom is -0.393 e. The van der Waals surface area contributed by atoms with E-state index in [9.17, 15) is 19.4 Å². The minimum absolute atomic E-state index is 0.0131. The van der Waals surface area contributed by atoms with E-state index in [1.54, 1.807) is 6.92 Å². The molecule has 1 aromatic heterocycles. The summed E-state index contributed by atoms with van der Waals surface area (Å²) in [5, 5.41) is 19.2. The van der Waals surface area contributed by atoms with Gasteiger partial charge in [-0.2, -0.15) is 4.98 Å². The lowest BCUT2D eigenvalue weighted by Gasteiger charge is -2.28. The van der Waals surface area contributed by atoms with Crippen LogP contribution in [0.1, 0.15) is 19.6 Å². The van der Waals surface area contributed by atoms with Crippen molar-refractivity contribution in [2.45, 2.75) is 37.4 Å². The Hall–Kier alpha value is -1.51. The van der Waals surface area contributed by atoms with E-state index in [1.807, 2.05) is 0 Å². The molecule has 0 amide bonds. The largest absolute Gasteiger partial charge is 0.393 e. The lowest BCUT2D eigenvalue weighted by molar-refractivity contribution is -0.130. The van der Waals surface area contributed by atoms with Gasteiger partial charge in [-0.1, -0.05) is 6.92 Å². The topological polar surface area (TPSA) is 111 Å². The molecule has 1 fully saturated rings. The van der Waals surface area contributed by atoms with Crippen LogP contribution in [0.25, 0.3) is 0 Å². The Morgan fingerprint density at radius 2 is 2.37 bits per heavy atom. The Balaban J connectivity index is 2.39. The molecular formula is C11H16FN3O4. The first-order valence-corrected chi connectivity index (χ1v) is 5.90. The number of hydrogen-bond donors (Lipinski definition) is 3. The monoisotopic (exact) mass is 273 g/mol. The zero-order valence-electron chi connectivity index (χ0n) is 10.4. The molecule has 1 saturated heterocycles. The first-order valence-electron chi connectivity index (χ1n) is 5.90. The predicted molar refractivity (Wildman–Crippen MR) is 64.0 cm³/mol. The minimum atomic E-state index is -1.84. The fraction of sp³-hybridized carbons (Fsp3) is 0.636. The summed E-state index contributed by atoms with van der Waals surface area (Å²) in [6.45, 7) is 1.11. The molecule has 0 bridgehead atoms. The molecule has 19 heavy (non-hydrogen) atoms. The Bertz CT molecular complexity index is 517. The van der Waals surface area contributed by atoms with E-state index in [-0.39, 0.29) is 12.2 Å². The van der Waals surface area contributed by atoms with Crippen molar-refractivity contribution in [2.24, 2.45) is 0 Å². The molecule has 106 valence electrons. The molecule has 0 spiro atoms. The zero-order chi connectivity index (χ0) is 14.2. The molecular weight excluding hydrogens is 257 g/mol. The van der Waals surface area contributed by atoms with Gasteiger partial charge >= 0.3 is 5.69 Å². The summed E-state index contributed by atoms with van der Waals surface area (Å²) in [5.41, 5.74) is 3.16. The van der Waals surface area contributed by atoms with Crippen LogP contribution in [0.15, 0.2) is 17.1 Å². The number of aliphatic hydroxyl groups excluding tert-OH is 2. The summed E-state index contributed by atoms with van der Waals surface area (Å²) in [5.74, 6) is 0.0131. The van der Waals surface area contributed by atoms with Gasteiger partial charge in [-0.15, -0.1) is 0 Å². The maximum absolute atomic E-state index is 14.1. The van der Waals surface area contributed by atoms with E-state index < -0.39 is 36.4 Å². The second kappa shape index (κ2) is 4.87. The van der Waals surface area contributed by atoms with E-state index in [0.29, 0.717) is 0 Å². The SMILES string of the molecule is CC[C@]1(CO)O[C@@H](n2ccc(N)nc2=O)[C@H](F)[C@@H]1O. The van der Waals surface area contributed by atoms with Gasteiger partial charge in [-0.3, -0.25) is 4.57 Å². The fourth-order valence-corrected chi connectivity index (χ4v) is 2.19. The predicted octanol–water partition coefficient (Wildman–Crippen LogP) is -0.806. The summed E-state index contributed by atoms with van der Waals surface area (Å²) < 4.78 is 20.4. The zero-order valence-corrected chi connectivity index (χ0v) is 10.4. The van der Waals surface area contributed by atoms with E-state index in [4.69, 9.17) is 10.5 Å². The van der Waals surface area contributed by atoms with Crippen molar-refractivity contribution in [2.75, 3.05) is 12.3 Å². The van der Waals surface area contributed by atoms with Gasteiger partial charge in [0.2, 0.25) is 0 Å². The summed E-state index contributed by atoms with van der Waals surface area (Å²) >= 11 is 0. The number of aliphatic hydroxyl groups is 2. The van der Waals surface area contributed by atoms with E-state index in [1.165, 1.54) is 12.3 Å². The molecule has 0 unspecified atom stereocenters. The van der Waals surface area contributed by atoms with Crippen molar-refractivity contribution >= 4 is 5.82 Å². The average Bonchev–Trinajstić information content (AvgIpc) is 2.64. The van der Waals surface area contributed by atoms with Gasteiger partial charge in [0.15, 0.2) is 12.4 Å². The summed E-state index contributed by atoms with van der Waals surface area (Å²) in [6.07, 6.45) is -3.23. The van der Waals surface area contributed by atoms with Gasteiger partial charge in [0.05, 0.1) is 6.61 Å². The van der Waals surface area contributed by atoms with Crippen LogP contribution >= 0.6 is 0 Å². The van der Waals surface area contributed by atoms with Crippen LogP contribution in [0.3, 0.4) is 0 Å². The van der Waals surface area contributed by atoms with E-state index in [2.05, 4.69) is 4.98 Å². The molecule has 1 aliphatic heterocycles. The molecule has 2 heterocycles. The summed E-state index contributed by atoms with van der Waals surface area (Å²) in [7, 11) is 0. The Morgan fingerprint density at radius 1 is 1.68 bits per heavy atom. The molecule has 7 nitrogen and oxygen atoms in total. The standard InChI is InChI=1S/C11H16FN3O4/c1-2-11(5-16)8(17)7(12)9(19-11)15-4-3-6(13)14-10(15)18/h3-4,7-9,16-17H,2,5H2,1H3,(H2,13,14,18)/t7-,8+,9-,11-/m1/s1. The number of nitrogens with two attached hydrogens (primary N) is 1. The summed E-state index contributed by atoms with van der Waals surface area (Å²) in [6, 6.07) is 1.33. The van der Waals surface area contributed by atoms with Crippen molar-refractivity contribution in [3.63, 3.8) is 0 Å². The van der Waals surface area contributed by atoms with E-state index >= 15 is 0 Å². The number of anilines is 1. The maximum Gasteiger partial charge on any atom is 0.351 e. The fourth-order valence-electron chi connectivity index (χ4n) is 2.19. The highest BCUT2D eigenvalue weighted by molar-refractivity contribution is 5.23. The molecule has 8 heteroatoms. The van der Waals surface area contributed by atoms with Crippen LogP contribution in [-0.4, -0.2) is 44.2 Å². The van der Waals surface area contributed by atoms with Gasteiger partial charge in [0.1, 0.15) is 17.5 Å². The van der Waals surface area contributed by atoms with Crippen molar-refractivity contribution in [3.05, 3.63) is 22.7 Å².